The minimum absolute atomic E-state index is 0.0387. The van der Waals surface area contributed by atoms with E-state index in [9.17, 15) is 13.2 Å². The van der Waals surface area contributed by atoms with Crippen molar-refractivity contribution in [3.63, 3.8) is 0 Å². The highest BCUT2D eigenvalue weighted by molar-refractivity contribution is 7.93. The second-order valence-electron chi connectivity index (χ2n) is 8.39. The highest BCUT2D eigenvalue weighted by atomic mass is 32.2. The first kappa shape index (κ1) is 20.2. The molecule has 2 aromatic rings. The molecule has 2 aliphatic heterocycles. The molecule has 5 rings (SSSR count). The maximum atomic E-state index is 13.5. The lowest BCUT2D eigenvalue weighted by molar-refractivity contribution is -0.121. The average Bonchev–Trinajstić information content (AvgIpc) is 3.41. The molecule has 0 aromatic heterocycles. The van der Waals surface area contributed by atoms with E-state index >= 15 is 0 Å². The quantitative estimate of drug-likeness (QED) is 0.784. The highest BCUT2D eigenvalue weighted by Crippen LogP contribution is 2.45. The number of hydrogen-bond acceptors (Lipinski definition) is 5. The van der Waals surface area contributed by atoms with Gasteiger partial charge in [0.25, 0.3) is 0 Å². The van der Waals surface area contributed by atoms with Gasteiger partial charge in [-0.15, -0.1) is 0 Å². The van der Waals surface area contributed by atoms with E-state index in [1.54, 1.807) is 24.3 Å². The van der Waals surface area contributed by atoms with Crippen molar-refractivity contribution in [2.24, 2.45) is 0 Å². The van der Waals surface area contributed by atoms with Crippen LogP contribution in [0.5, 0.6) is 11.5 Å². The molecule has 1 N–H and O–H groups in total. The molecule has 1 aliphatic carbocycles. The number of carbonyl (C=O) groups excluding carboxylic acids is 1. The number of fused-ring (bicyclic) bond motifs is 1. The number of carbonyl (C=O) groups is 1. The molecule has 2 aromatic carbocycles. The second kappa shape index (κ2) is 7.75. The second-order valence-corrected chi connectivity index (χ2v) is 10.4. The van der Waals surface area contributed by atoms with Crippen LogP contribution in [0.25, 0.3) is 0 Å². The van der Waals surface area contributed by atoms with Gasteiger partial charge in [-0.1, -0.05) is 18.9 Å². The zero-order valence-electron chi connectivity index (χ0n) is 17.3. The lowest BCUT2D eigenvalue weighted by atomic mass is 9.77. The summed E-state index contributed by atoms with van der Waals surface area (Å²) in [6, 6.07) is 12.9. The first-order chi connectivity index (χ1) is 15.0. The van der Waals surface area contributed by atoms with E-state index in [1.807, 2.05) is 18.2 Å². The van der Waals surface area contributed by atoms with Crippen LogP contribution in [0.4, 0.5) is 11.4 Å². The van der Waals surface area contributed by atoms with Crippen molar-refractivity contribution in [1.82, 2.24) is 0 Å². The summed E-state index contributed by atoms with van der Waals surface area (Å²) < 4.78 is 37.1. The molecule has 1 amide bonds. The molecule has 2 fully saturated rings. The van der Waals surface area contributed by atoms with Gasteiger partial charge >= 0.3 is 0 Å². The van der Waals surface area contributed by atoms with Gasteiger partial charge in [0.05, 0.1) is 16.9 Å². The van der Waals surface area contributed by atoms with Gasteiger partial charge in [-0.3, -0.25) is 9.10 Å². The Balaban J connectivity index is 1.38. The van der Waals surface area contributed by atoms with E-state index in [0.29, 0.717) is 43.3 Å². The fraction of sp³-hybridized carbons (Fsp3) is 0.435. The number of anilines is 2. The van der Waals surface area contributed by atoms with Crippen LogP contribution in [0, 0.1) is 0 Å². The zero-order valence-corrected chi connectivity index (χ0v) is 18.1. The fourth-order valence-corrected chi connectivity index (χ4v) is 6.42. The normalized spacial score (nSPS) is 21.1. The summed E-state index contributed by atoms with van der Waals surface area (Å²) >= 11 is 0. The molecule has 0 radical (unpaired) electrons. The molecule has 0 spiro atoms. The Morgan fingerprint density at radius 3 is 2.32 bits per heavy atom. The molecule has 0 bridgehead atoms. The Morgan fingerprint density at radius 2 is 1.65 bits per heavy atom. The van der Waals surface area contributed by atoms with Crippen LogP contribution in [-0.4, -0.2) is 39.8 Å². The van der Waals surface area contributed by atoms with Crippen molar-refractivity contribution in [3.05, 3.63) is 48.0 Å². The van der Waals surface area contributed by atoms with Gasteiger partial charge in [0.1, 0.15) is 13.2 Å². The van der Waals surface area contributed by atoms with Crippen molar-refractivity contribution in [3.8, 4) is 11.5 Å². The number of ether oxygens (including phenoxy) is 2. The Kier molecular flexibility index (Phi) is 5.04. The summed E-state index contributed by atoms with van der Waals surface area (Å²) in [7, 11) is -3.22. The van der Waals surface area contributed by atoms with Crippen molar-refractivity contribution >= 4 is 27.3 Å². The lowest BCUT2D eigenvalue weighted by Crippen LogP contribution is -2.38. The van der Waals surface area contributed by atoms with Crippen LogP contribution in [-0.2, 0) is 20.2 Å². The number of benzene rings is 2. The maximum absolute atomic E-state index is 13.5. The third-order valence-corrected chi connectivity index (χ3v) is 8.37. The first-order valence-electron chi connectivity index (χ1n) is 10.8. The summed E-state index contributed by atoms with van der Waals surface area (Å²) in [6.07, 6.45) is 4.19. The van der Waals surface area contributed by atoms with Crippen LogP contribution >= 0.6 is 0 Å². The van der Waals surface area contributed by atoms with Crippen molar-refractivity contribution in [2.45, 2.75) is 37.5 Å². The number of nitrogens with zero attached hydrogens (tertiary/aromatic N) is 1. The van der Waals surface area contributed by atoms with E-state index in [4.69, 9.17) is 9.47 Å². The monoisotopic (exact) mass is 442 g/mol. The van der Waals surface area contributed by atoms with Crippen LogP contribution in [0.3, 0.4) is 0 Å². The third kappa shape index (κ3) is 3.63. The van der Waals surface area contributed by atoms with E-state index in [1.165, 1.54) is 4.31 Å². The van der Waals surface area contributed by atoms with Gasteiger partial charge in [-0.25, -0.2) is 8.42 Å². The van der Waals surface area contributed by atoms with E-state index < -0.39 is 15.4 Å². The number of sulfonamides is 1. The molecule has 0 atom stereocenters. The Hall–Kier alpha value is -2.74. The predicted octanol–water partition coefficient (Wildman–Crippen LogP) is 3.45. The molecule has 7 nitrogen and oxygen atoms in total. The minimum Gasteiger partial charge on any atom is -0.486 e. The molecule has 2 heterocycles. The molecule has 1 saturated carbocycles. The van der Waals surface area contributed by atoms with Gasteiger partial charge < -0.3 is 14.8 Å². The van der Waals surface area contributed by atoms with Crippen LogP contribution in [0.1, 0.15) is 37.7 Å². The van der Waals surface area contributed by atoms with Gasteiger partial charge in [-0.05, 0) is 61.2 Å². The lowest BCUT2D eigenvalue weighted by Gasteiger charge is -2.30. The molecule has 8 heteroatoms. The Morgan fingerprint density at radius 1 is 0.935 bits per heavy atom. The number of rotatable bonds is 4. The van der Waals surface area contributed by atoms with Crippen molar-refractivity contribution in [2.75, 3.05) is 35.1 Å². The number of nitrogens with one attached hydrogen (secondary N) is 1. The van der Waals surface area contributed by atoms with Crippen LogP contribution in [0.2, 0.25) is 0 Å². The van der Waals surface area contributed by atoms with Gasteiger partial charge in [0, 0.05) is 12.2 Å². The minimum atomic E-state index is -3.22. The van der Waals surface area contributed by atoms with E-state index in [0.717, 1.165) is 37.0 Å². The molecular formula is C23H26N2O5S. The average molecular weight is 443 g/mol. The fourth-order valence-electron chi connectivity index (χ4n) is 4.86. The zero-order chi connectivity index (χ0) is 21.5. The molecule has 1 saturated heterocycles. The topological polar surface area (TPSA) is 84.9 Å². The number of amides is 1. The molecule has 3 aliphatic rings. The highest BCUT2D eigenvalue weighted by Gasteiger charge is 2.43. The first-order valence-corrected chi connectivity index (χ1v) is 12.4. The van der Waals surface area contributed by atoms with E-state index in [2.05, 4.69) is 5.32 Å². The molecule has 31 heavy (non-hydrogen) atoms. The third-order valence-electron chi connectivity index (χ3n) is 6.50. The summed E-state index contributed by atoms with van der Waals surface area (Å²) in [5.41, 5.74) is 1.64. The Labute approximate surface area is 182 Å². The predicted molar refractivity (Wildman–Crippen MR) is 118 cm³/mol. The smallest absolute Gasteiger partial charge is 0.235 e. The SMILES string of the molecule is O=C(Nc1ccc(N2CCCS2(=O)=O)cc1)C1(c2ccc3c(c2)OCCO3)CCCC1. The largest absolute Gasteiger partial charge is 0.486 e. The van der Waals surface area contributed by atoms with Crippen LogP contribution < -0.4 is 19.1 Å². The molecule has 0 unspecified atom stereocenters. The summed E-state index contributed by atoms with van der Waals surface area (Å²) in [5.74, 6) is 1.56. The maximum Gasteiger partial charge on any atom is 0.235 e. The van der Waals surface area contributed by atoms with Crippen molar-refractivity contribution < 1.29 is 22.7 Å². The standard InChI is InChI=1S/C23H26N2O5S/c26-22(24-18-5-7-19(8-6-18)25-12-3-15-31(25,27)28)23(10-1-2-11-23)17-4-9-20-21(16-17)30-14-13-29-20/h4-9,16H,1-3,10-15H2,(H,24,26). The van der Waals surface area contributed by atoms with Gasteiger partial charge in [0.2, 0.25) is 15.9 Å². The van der Waals surface area contributed by atoms with Crippen LogP contribution in [0.15, 0.2) is 42.5 Å². The number of hydrogen-bond donors (Lipinski definition) is 1. The summed E-state index contributed by atoms with van der Waals surface area (Å²) in [5, 5.41) is 3.06. The van der Waals surface area contributed by atoms with Gasteiger partial charge in [0.15, 0.2) is 11.5 Å². The summed E-state index contributed by atoms with van der Waals surface area (Å²) in [4.78, 5) is 13.5. The Bertz CT molecular complexity index is 1090. The molecular weight excluding hydrogens is 416 g/mol. The van der Waals surface area contributed by atoms with E-state index in [-0.39, 0.29) is 11.7 Å². The molecule has 164 valence electrons. The van der Waals surface area contributed by atoms with Gasteiger partial charge in [-0.2, -0.15) is 0 Å². The van der Waals surface area contributed by atoms with Crippen molar-refractivity contribution in [1.29, 1.82) is 0 Å². The summed E-state index contributed by atoms with van der Waals surface area (Å²) in [6.45, 7) is 1.54.